The fourth-order valence-electron chi connectivity index (χ4n) is 3.22. The maximum atomic E-state index is 12.0. The van der Waals surface area contributed by atoms with Crippen molar-refractivity contribution in [2.75, 3.05) is 27.2 Å². The molecule has 3 N–H and O–H groups in total. The summed E-state index contributed by atoms with van der Waals surface area (Å²) in [6.45, 7) is 1.72. The van der Waals surface area contributed by atoms with E-state index in [2.05, 4.69) is 15.3 Å². The number of carbonyl (C=O) groups is 3. The van der Waals surface area contributed by atoms with E-state index in [4.69, 9.17) is 14.6 Å². The van der Waals surface area contributed by atoms with Gasteiger partial charge in [0.15, 0.2) is 6.61 Å². The lowest BCUT2D eigenvalue weighted by molar-refractivity contribution is -0.134. The van der Waals surface area contributed by atoms with Crippen LogP contribution in [0.15, 0.2) is 48.7 Å². The van der Waals surface area contributed by atoms with Crippen molar-refractivity contribution in [1.29, 1.82) is 0 Å². The first-order valence-electron chi connectivity index (χ1n) is 10.3. The van der Waals surface area contributed by atoms with Gasteiger partial charge in [0, 0.05) is 62.7 Å². The van der Waals surface area contributed by atoms with Gasteiger partial charge in [-0.3, -0.25) is 19.4 Å². The molecule has 172 valence electrons. The summed E-state index contributed by atoms with van der Waals surface area (Å²) >= 11 is 0. The van der Waals surface area contributed by atoms with Crippen molar-refractivity contribution in [3.63, 3.8) is 0 Å². The van der Waals surface area contributed by atoms with Gasteiger partial charge in [0.05, 0.1) is 11.3 Å². The summed E-state index contributed by atoms with van der Waals surface area (Å²) < 4.78 is 5.60. The Morgan fingerprint density at radius 2 is 1.91 bits per heavy atom. The Hall–Kier alpha value is -4.14. The molecule has 33 heavy (non-hydrogen) atoms. The molecule has 1 aliphatic heterocycles. The molecule has 0 bridgehead atoms. The van der Waals surface area contributed by atoms with Crippen LogP contribution in [-0.2, 0) is 16.0 Å². The second-order valence-corrected chi connectivity index (χ2v) is 7.63. The summed E-state index contributed by atoms with van der Waals surface area (Å²) in [5, 5.41) is 10.3. The largest absolute Gasteiger partial charge is 0.484 e. The minimum atomic E-state index is -0.833. The molecule has 3 aromatic rings. The summed E-state index contributed by atoms with van der Waals surface area (Å²) in [7, 11) is 3.39. The molecule has 0 saturated heterocycles. The normalized spacial score (nSPS) is 12.0. The zero-order valence-electron chi connectivity index (χ0n) is 18.7. The average molecular weight is 450 g/mol. The number of hydrogen-bond acceptors (Lipinski definition) is 5. The van der Waals surface area contributed by atoms with Crippen molar-refractivity contribution in [3.8, 4) is 28.3 Å². The second kappa shape index (κ2) is 10.4. The Kier molecular flexibility index (Phi) is 7.45. The fraction of sp³-hybridized carbons (Fsp3) is 0.250. The Balaban J connectivity index is 0.000000709. The molecular weight excluding hydrogens is 424 g/mol. The molecule has 1 aromatic carbocycles. The van der Waals surface area contributed by atoms with Crippen LogP contribution in [-0.4, -0.2) is 65.0 Å². The van der Waals surface area contributed by atoms with Crippen LogP contribution in [0.3, 0.4) is 0 Å². The molecule has 2 aromatic heterocycles. The van der Waals surface area contributed by atoms with E-state index in [0.29, 0.717) is 17.9 Å². The van der Waals surface area contributed by atoms with Crippen molar-refractivity contribution in [1.82, 2.24) is 20.2 Å². The average Bonchev–Trinajstić information content (AvgIpc) is 3.23. The van der Waals surface area contributed by atoms with Crippen molar-refractivity contribution >= 4 is 17.8 Å². The number of nitrogens with zero attached hydrogens (tertiary/aromatic N) is 2. The van der Waals surface area contributed by atoms with Crippen molar-refractivity contribution < 1.29 is 24.2 Å². The van der Waals surface area contributed by atoms with E-state index in [1.54, 1.807) is 20.3 Å². The predicted molar refractivity (Wildman–Crippen MR) is 123 cm³/mol. The maximum Gasteiger partial charge on any atom is 0.300 e. The lowest BCUT2D eigenvalue weighted by Gasteiger charge is -2.12. The Bertz CT molecular complexity index is 1170. The number of nitrogens with one attached hydrogen (secondary N) is 2. The van der Waals surface area contributed by atoms with Crippen molar-refractivity contribution in [2.24, 2.45) is 0 Å². The first-order valence-corrected chi connectivity index (χ1v) is 10.3. The minimum Gasteiger partial charge on any atom is -0.484 e. The van der Waals surface area contributed by atoms with Crippen LogP contribution < -0.4 is 10.1 Å². The number of fused-ring (bicyclic) bond motifs is 1. The van der Waals surface area contributed by atoms with Gasteiger partial charge < -0.3 is 25.0 Å². The fourth-order valence-corrected chi connectivity index (χ4v) is 3.22. The van der Waals surface area contributed by atoms with Crippen LogP contribution in [0.5, 0.6) is 5.75 Å². The number of likely N-dealkylation sites (N-methyl/N-ethyl adjacent to an activating group) is 1. The molecule has 0 radical (unpaired) electrons. The zero-order valence-corrected chi connectivity index (χ0v) is 18.7. The monoisotopic (exact) mass is 450 g/mol. The van der Waals surface area contributed by atoms with Crippen LogP contribution in [0.2, 0.25) is 0 Å². The molecule has 3 heterocycles. The van der Waals surface area contributed by atoms with Crippen LogP contribution in [0.4, 0.5) is 0 Å². The van der Waals surface area contributed by atoms with Gasteiger partial charge in [-0.05, 0) is 30.3 Å². The summed E-state index contributed by atoms with van der Waals surface area (Å²) in [6, 6.07) is 13.3. The molecule has 0 atom stereocenters. The van der Waals surface area contributed by atoms with E-state index < -0.39 is 5.97 Å². The van der Waals surface area contributed by atoms with Gasteiger partial charge in [-0.15, -0.1) is 0 Å². The Morgan fingerprint density at radius 1 is 1.15 bits per heavy atom. The van der Waals surface area contributed by atoms with Crippen molar-refractivity contribution in [3.05, 3.63) is 59.9 Å². The highest BCUT2D eigenvalue weighted by atomic mass is 16.5. The number of rotatable bonds is 5. The van der Waals surface area contributed by atoms with Crippen LogP contribution in [0.1, 0.15) is 23.0 Å². The van der Waals surface area contributed by atoms with Gasteiger partial charge in [-0.2, -0.15) is 0 Å². The highest BCUT2D eigenvalue weighted by Crippen LogP contribution is 2.28. The summed E-state index contributed by atoms with van der Waals surface area (Å²) in [5.74, 6) is -0.368. The molecule has 9 nitrogen and oxygen atoms in total. The summed E-state index contributed by atoms with van der Waals surface area (Å²) in [4.78, 5) is 42.1. The van der Waals surface area contributed by atoms with Crippen LogP contribution >= 0.6 is 0 Å². The van der Waals surface area contributed by atoms with Gasteiger partial charge in [0.25, 0.3) is 17.8 Å². The summed E-state index contributed by atoms with van der Waals surface area (Å²) in [6.07, 6.45) is 2.54. The summed E-state index contributed by atoms with van der Waals surface area (Å²) in [5.41, 5.74) is 5.17. The number of hydrogen-bond donors (Lipinski definition) is 3. The number of carboxylic acids is 1. The molecule has 4 rings (SSSR count). The van der Waals surface area contributed by atoms with E-state index >= 15 is 0 Å². The number of aromatic amines is 1. The zero-order chi connectivity index (χ0) is 24.0. The first kappa shape index (κ1) is 23.5. The SMILES string of the molecule is CC(=O)O.CN(C)C(=O)COc1cccc(-c2cc(-c3cc4c([nH]3)CCNC4=O)ccn2)c1. The molecule has 0 fully saturated rings. The van der Waals surface area contributed by atoms with Gasteiger partial charge in [-0.1, -0.05) is 12.1 Å². The number of aromatic nitrogens is 2. The Labute approximate surface area is 191 Å². The Morgan fingerprint density at radius 3 is 2.61 bits per heavy atom. The molecule has 0 aliphatic carbocycles. The lowest BCUT2D eigenvalue weighted by atomic mass is 10.1. The highest BCUT2D eigenvalue weighted by molar-refractivity contribution is 5.97. The number of carboxylic acid groups (broad SMARTS) is 1. The molecule has 9 heteroatoms. The second-order valence-electron chi connectivity index (χ2n) is 7.63. The van der Waals surface area contributed by atoms with Gasteiger partial charge in [0.2, 0.25) is 0 Å². The third kappa shape index (κ3) is 6.19. The minimum absolute atomic E-state index is 0.0139. The lowest BCUT2D eigenvalue weighted by Crippen LogP contribution is -2.31. The van der Waals surface area contributed by atoms with E-state index in [-0.39, 0.29) is 18.4 Å². The topological polar surface area (TPSA) is 125 Å². The molecule has 0 saturated carbocycles. The first-order chi connectivity index (χ1) is 15.7. The number of ether oxygens (including phenoxy) is 1. The van der Waals surface area contributed by atoms with E-state index in [1.165, 1.54) is 4.90 Å². The van der Waals surface area contributed by atoms with Gasteiger partial charge in [-0.25, -0.2) is 0 Å². The third-order valence-electron chi connectivity index (χ3n) is 4.87. The van der Waals surface area contributed by atoms with Gasteiger partial charge >= 0.3 is 0 Å². The van der Waals surface area contributed by atoms with Gasteiger partial charge in [0.1, 0.15) is 5.75 Å². The molecule has 0 unspecified atom stereocenters. The molecule has 1 aliphatic rings. The van der Waals surface area contributed by atoms with E-state index in [0.717, 1.165) is 41.6 Å². The smallest absolute Gasteiger partial charge is 0.300 e. The number of pyridine rings is 1. The quantitative estimate of drug-likeness (QED) is 0.549. The highest BCUT2D eigenvalue weighted by Gasteiger charge is 2.20. The van der Waals surface area contributed by atoms with Crippen molar-refractivity contribution in [2.45, 2.75) is 13.3 Å². The third-order valence-corrected chi connectivity index (χ3v) is 4.87. The predicted octanol–water partition coefficient (Wildman–Crippen LogP) is 2.59. The van der Waals surface area contributed by atoms with Crippen LogP contribution in [0.25, 0.3) is 22.5 Å². The van der Waals surface area contributed by atoms with E-state index in [9.17, 15) is 9.59 Å². The molecular formula is C24H26N4O5. The standard InChI is InChI=1S/C22H22N4O3.C2H4O2/c1-26(2)21(27)13-29-16-5-3-4-14(10-16)19-11-15(6-8-23-19)20-12-17-18(25-20)7-9-24-22(17)28;1-2(3)4/h3-6,8,10-12,25H,7,9,13H2,1-2H3,(H,24,28);1H3,(H,3,4). The number of carbonyl (C=O) groups excluding carboxylic acids is 2. The number of amides is 2. The van der Waals surface area contributed by atoms with E-state index in [1.807, 2.05) is 42.5 Å². The molecule has 2 amide bonds. The van der Waals surface area contributed by atoms with Crippen LogP contribution in [0, 0.1) is 0 Å². The molecule has 0 spiro atoms. The number of benzene rings is 1. The number of aliphatic carboxylic acids is 1. The maximum absolute atomic E-state index is 12.0. The number of H-pyrrole nitrogens is 1.